The number of hydrogen-bond donors (Lipinski definition) is 0. The van der Waals surface area contributed by atoms with Gasteiger partial charge in [-0.25, -0.2) is 9.78 Å². The van der Waals surface area contributed by atoms with Gasteiger partial charge in [-0.05, 0) is 24.6 Å². The van der Waals surface area contributed by atoms with Crippen LogP contribution in [-0.4, -0.2) is 24.7 Å². The Balaban J connectivity index is 2.02. The van der Waals surface area contributed by atoms with E-state index in [-0.39, 0.29) is 11.5 Å². The zero-order valence-electron chi connectivity index (χ0n) is 15.6. The summed E-state index contributed by atoms with van der Waals surface area (Å²) in [5.41, 5.74) is 3.20. The molecule has 0 N–H and O–H groups in total. The highest BCUT2D eigenvalue weighted by molar-refractivity contribution is 6.17. The molecule has 4 aromatic rings. The normalized spacial score (nSPS) is 11.4. The quantitative estimate of drug-likeness (QED) is 0.442. The molecule has 0 radical (unpaired) electrons. The minimum atomic E-state index is -0.503. The Labute approximate surface area is 162 Å². The molecule has 0 atom stereocenters. The Hall–Kier alpha value is -3.60. The molecule has 0 spiro atoms. The zero-order valence-corrected chi connectivity index (χ0v) is 15.6. The molecule has 0 saturated carbocycles. The highest BCUT2D eigenvalue weighted by atomic mass is 16.6. The molecule has 0 fully saturated rings. The van der Waals surface area contributed by atoms with E-state index in [0.717, 1.165) is 16.5 Å². The van der Waals surface area contributed by atoms with Gasteiger partial charge in [-0.3, -0.25) is 0 Å². The van der Waals surface area contributed by atoms with Crippen molar-refractivity contribution in [2.75, 3.05) is 13.7 Å². The summed E-state index contributed by atoms with van der Waals surface area (Å²) in [4.78, 5) is 17.2. The summed E-state index contributed by atoms with van der Waals surface area (Å²) in [6.45, 7) is 2.20. The van der Waals surface area contributed by atoms with Crippen molar-refractivity contribution in [3.63, 3.8) is 0 Å². The fourth-order valence-corrected chi connectivity index (χ4v) is 3.18. The number of esters is 1. The number of nitrogens with zero attached hydrogens (tertiary/aromatic N) is 1. The van der Waals surface area contributed by atoms with Crippen LogP contribution in [0.25, 0.3) is 34.0 Å². The van der Waals surface area contributed by atoms with Gasteiger partial charge in [0.05, 0.1) is 24.6 Å². The summed E-state index contributed by atoms with van der Waals surface area (Å²) in [6, 6.07) is 17.5. The summed E-state index contributed by atoms with van der Waals surface area (Å²) in [5, 5.41) is 1.46. The first kappa shape index (κ1) is 17.8. The van der Waals surface area contributed by atoms with E-state index in [9.17, 15) is 4.79 Å². The third kappa shape index (κ3) is 3.11. The van der Waals surface area contributed by atoms with Crippen LogP contribution in [0.1, 0.15) is 28.5 Å². The second-order valence-corrected chi connectivity index (χ2v) is 6.15. The van der Waals surface area contributed by atoms with E-state index < -0.39 is 5.97 Å². The molecule has 140 valence electrons. The number of rotatable bonds is 5. The van der Waals surface area contributed by atoms with Crippen molar-refractivity contribution < 1.29 is 18.7 Å². The molecule has 2 heterocycles. The van der Waals surface area contributed by atoms with Gasteiger partial charge >= 0.3 is 11.9 Å². The van der Waals surface area contributed by atoms with E-state index in [1.165, 1.54) is 7.11 Å². The number of carbonyl (C=O) groups excluding carboxylic acids is 1. The summed E-state index contributed by atoms with van der Waals surface area (Å²) >= 11 is 0. The molecule has 0 bridgehead atoms. The number of aromatic nitrogens is 1. The standard InChI is InChI=1S/C23H19NO4/c1-3-27-23-20(22(25)26-2)19-16-11-7-8-12-17(16)24-18(21(19)28-23)14-13-15-9-5-4-6-10-15/h4-14H,3H2,1-2H3/b14-13+. The van der Waals surface area contributed by atoms with Gasteiger partial charge in [0.2, 0.25) is 0 Å². The Kier molecular flexibility index (Phi) is 4.81. The number of furan rings is 1. The van der Waals surface area contributed by atoms with Crippen LogP contribution < -0.4 is 4.74 Å². The van der Waals surface area contributed by atoms with Crippen molar-refractivity contribution in [3.05, 3.63) is 71.4 Å². The van der Waals surface area contributed by atoms with Crippen molar-refractivity contribution >= 4 is 40.0 Å². The van der Waals surface area contributed by atoms with Crippen LogP contribution in [0.2, 0.25) is 0 Å². The second-order valence-electron chi connectivity index (χ2n) is 6.15. The van der Waals surface area contributed by atoms with Gasteiger partial charge in [0.1, 0.15) is 5.69 Å². The van der Waals surface area contributed by atoms with Crippen molar-refractivity contribution in [1.82, 2.24) is 4.98 Å². The summed E-state index contributed by atoms with van der Waals surface area (Å²) in [6.07, 6.45) is 3.83. The molecule has 2 aromatic carbocycles. The smallest absolute Gasteiger partial charge is 0.345 e. The van der Waals surface area contributed by atoms with Crippen molar-refractivity contribution in [2.24, 2.45) is 0 Å². The van der Waals surface area contributed by atoms with Crippen LogP contribution in [0, 0.1) is 0 Å². The predicted octanol–water partition coefficient (Wildman–Crippen LogP) is 5.34. The predicted molar refractivity (Wildman–Crippen MR) is 109 cm³/mol. The molecule has 5 heteroatoms. The molecule has 5 nitrogen and oxygen atoms in total. The molecule has 0 aliphatic carbocycles. The maximum absolute atomic E-state index is 12.5. The SMILES string of the molecule is CCOc1oc2c(/C=C/c3ccccc3)nc3ccccc3c2c1C(=O)OC. The Morgan fingerprint density at radius 3 is 2.57 bits per heavy atom. The van der Waals surface area contributed by atoms with Gasteiger partial charge in [0.15, 0.2) is 11.1 Å². The van der Waals surface area contributed by atoms with E-state index in [1.807, 2.05) is 73.7 Å². The van der Waals surface area contributed by atoms with Crippen LogP contribution >= 0.6 is 0 Å². The largest absolute Gasteiger partial charge is 0.465 e. The minimum absolute atomic E-state index is 0.150. The number of pyridine rings is 1. The minimum Gasteiger partial charge on any atom is -0.465 e. The Bertz CT molecular complexity index is 1180. The van der Waals surface area contributed by atoms with Crippen LogP contribution in [0.15, 0.2) is 59.0 Å². The molecule has 28 heavy (non-hydrogen) atoms. The molecule has 0 aliphatic rings. The van der Waals surface area contributed by atoms with E-state index >= 15 is 0 Å². The number of hydrogen-bond acceptors (Lipinski definition) is 5. The summed E-state index contributed by atoms with van der Waals surface area (Å²) in [5.74, 6) is -0.353. The molecule has 0 amide bonds. The maximum atomic E-state index is 12.5. The van der Waals surface area contributed by atoms with Crippen molar-refractivity contribution in [1.29, 1.82) is 0 Å². The topological polar surface area (TPSA) is 61.6 Å². The molecule has 0 aliphatic heterocycles. The fourth-order valence-electron chi connectivity index (χ4n) is 3.18. The lowest BCUT2D eigenvalue weighted by atomic mass is 10.1. The fraction of sp³-hybridized carbons (Fsp3) is 0.130. The third-order valence-corrected chi connectivity index (χ3v) is 4.42. The van der Waals surface area contributed by atoms with Gasteiger partial charge in [0.25, 0.3) is 0 Å². The van der Waals surface area contributed by atoms with Crippen LogP contribution in [0.3, 0.4) is 0 Å². The second kappa shape index (κ2) is 7.56. The zero-order chi connectivity index (χ0) is 19.5. The van der Waals surface area contributed by atoms with Crippen molar-refractivity contribution in [3.8, 4) is 5.95 Å². The highest BCUT2D eigenvalue weighted by Gasteiger charge is 2.26. The summed E-state index contributed by atoms with van der Waals surface area (Å²) in [7, 11) is 1.34. The molecular formula is C23H19NO4. The molecule has 0 unspecified atom stereocenters. The monoisotopic (exact) mass is 373 g/mol. The van der Waals surface area contributed by atoms with Crippen LogP contribution in [0.4, 0.5) is 0 Å². The third-order valence-electron chi connectivity index (χ3n) is 4.42. The van der Waals surface area contributed by atoms with Crippen LogP contribution in [0.5, 0.6) is 5.95 Å². The van der Waals surface area contributed by atoms with Crippen LogP contribution in [-0.2, 0) is 4.74 Å². The van der Waals surface area contributed by atoms with E-state index in [0.29, 0.717) is 23.3 Å². The van der Waals surface area contributed by atoms with Gasteiger partial charge in [-0.2, -0.15) is 0 Å². The lowest BCUT2D eigenvalue weighted by Gasteiger charge is -2.04. The lowest BCUT2D eigenvalue weighted by Crippen LogP contribution is -2.04. The Morgan fingerprint density at radius 2 is 1.82 bits per heavy atom. The van der Waals surface area contributed by atoms with E-state index in [2.05, 4.69) is 0 Å². The first-order valence-electron chi connectivity index (χ1n) is 9.02. The molecule has 4 rings (SSSR count). The first-order valence-corrected chi connectivity index (χ1v) is 9.02. The number of fused-ring (bicyclic) bond motifs is 3. The number of carbonyl (C=O) groups is 1. The average molecular weight is 373 g/mol. The lowest BCUT2D eigenvalue weighted by molar-refractivity contribution is 0.0595. The van der Waals surface area contributed by atoms with Crippen molar-refractivity contribution in [2.45, 2.75) is 6.92 Å². The number of ether oxygens (including phenoxy) is 2. The summed E-state index contributed by atoms with van der Waals surface area (Å²) < 4.78 is 16.5. The molecular weight excluding hydrogens is 354 g/mol. The van der Waals surface area contributed by atoms with Gasteiger partial charge < -0.3 is 13.9 Å². The number of para-hydroxylation sites is 1. The molecule has 2 aromatic heterocycles. The van der Waals surface area contributed by atoms with E-state index in [1.54, 1.807) is 0 Å². The maximum Gasteiger partial charge on any atom is 0.345 e. The first-order chi connectivity index (χ1) is 13.7. The van der Waals surface area contributed by atoms with Gasteiger partial charge in [-0.15, -0.1) is 0 Å². The average Bonchev–Trinajstić information content (AvgIpc) is 3.12. The van der Waals surface area contributed by atoms with E-state index in [4.69, 9.17) is 18.9 Å². The molecule has 0 saturated heterocycles. The number of methoxy groups -OCH3 is 1. The van der Waals surface area contributed by atoms with Gasteiger partial charge in [0, 0.05) is 5.39 Å². The Morgan fingerprint density at radius 1 is 1.07 bits per heavy atom. The highest BCUT2D eigenvalue weighted by Crippen LogP contribution is 2.38. The number of benzene rings is 2. The van der Waals surface area contributed by atoms with Gasteiger partial charge in [-0.1, -0.05) is 54.6 Å².